The van der Waals surface area contributed by atoms with Crippen LogP contribution in [0.5, 0.6) is 0 Å². The van der Waals surface area contributed by atoms with Crippen molar-refractivity contribution >= 4 is 21.2 Å². The van der Waals surface area contributed by atoms with E-state index in [1.807, 2.05) is 6.92 Å². The Morgan fingerprint density at radius 3 is 2.04 bits per heavy atom. The topological polar surface area (TPSA) is 58.5 Å². The molecule has 1 N–H and O–H groups in total. The fourth-order valence-corrected chi connectivity index (χ4v) is 3.81. The fourth-order valence-electron chi connectivity index (χ4n) is 2.55. The minimum absolute atomic E-state index is 0.159. The molecule has 0 heterocycles. The summed E-state index contributed by atoms with van der Waals surface area (Å²) in [7, 11) is -3.61. The maximum absolute atomic E-state index is 13.8. The zero-order valence-electron chi connectivity index (χ0n) is 15.3. The molecule has 0 aliphatic heterocycles. The average Bonchev–Trinajstić information content (AvgIpc) is 2.67. The molecule has 0 unspecified atom stereocenters. The highest BCUT2D eigenvalue weighted by Crippen LogP contribution is 2.23. The molecule has 0 spiro atoms. The third kappa shape index (κ3) is 4.26. The van der Waals surface area contributed by atoms with E-state index in [2.05, 4.69) is 10.5 Å². The average molecular weight is 400 g/mol. The number of anilines is 1. The lowest BCUT2D eigenvalue weighted by atomic mass is 10.1. The minimum atomic E-state index is -3.61. The molecule has 4 nitrogen and oxygen atoms in total. The van der Waals surface area contributed by atoms with Crippen LogP contribution in [-0.4, -0.2) is 14.1 Å². The Bertz CT molecular complexity index is 1120. The van der Waals surface area contributed by atoms with Crippen molar-refractivity contribution in [2.45, 2.75) is 23.6 Å². The Morgan fingerprint density at radius 1 is 0.893 bits per heavy atom. The predicted molar refractivity (Wildman–Crippen MR) is 105 cm³/mol. The molecule has 0 aromatic heterocycles. The van der Waals surface area contributed by atoms with Crippen LogP contribution in [0, 0.1) is 18.6 Å². The summed E-state index contributed by atoms with van der Waals surface area (Å²) >= 11 is 0. The molecule has 28 heavy (non-hydrogen) atoms. The zero-order chi connectivity index (χ0) is 20.3. The molecule has 0 radical (unpaired) electrons. The van der Waals surface area contributed by atoms with Gasteiger partial charge in [-0.25, -0.2) is 17.2 Å². The highest BCUT2D eigenvalue weighted by Gasteiger charge is 2.17. The number of nitrogens with zero attached hydrogens (tertiary/aromatic N) is 1. The van der Waals surface area contributed by atoms with Gasteiger partial charge >= 0.3 is 0 Å². The predicted octanol–water partition coefficient (Wildman–Crippen LogP) is 4.94. The summed E-state index contributed by atoms with van der Waals surface area (Å²) in [4.78, 5) is 0.381. The number of sulfone groups is 1. The number of rotatable bonds is 5. The second-order valence-corrected chi connectivity index (χ2v) is 8.22. The van der Waals surface area contributed by atoms with E-state index in [1.54, 1.807) is 43.3 Å². The maximum atomic E-state index is 13.8. The lowest BCUT2D eigenvalue weighted by Gasteiger charge is -2.07. The summed E-state index contributed by atoms with van der Waals surface area (Å²) in [6, 6.07) is 16.0. The van der Waals surface area contributed by atoms with E-state index < -0.39 is 21.5 Å². The van der Waals surface area contributed by atoms with Gasteiger partial charge in [-0.1, -0.05) is 17.7 Å². The van der Waals surface area contributed by atoms with Gasteiger partial charge < -0.3 is 0 Å². The number of nitrogens with one attached hydrogen (secondary N) is 1. The van der Waals surface area contributed by atoms with Crippen molar-refractivity contribution in [3.63, 3.8) is 0 Å². The van der Waals surface area contributed by atoms with E-state index in [0.717, 1.165) is 17.7 Å². The van der Waals surface area contributed by atoms with Crippen molar-refractivity contribution in [3.8, 4) is 0 Å². The Morgan fingerprint density at radius 2 is 1.46 bits per heavy atom. The van der Waals surface area contributed by atoms with E-state index in [0.29, 0.717) is 11.4 Å². The Balaban J connectivity index is 1.78. The zero-order valence-corrected chi connectivity index (χ0v) is 16.1. The standard InChI is InChI=1S/C21H18F2N2O2S/c1-14-3-8-18(9-4-14)28(26,27)19-10-6-17(7-11-19)25-24-15(2)20-12-5-16(22)13-21(20)23/h3-13,25H,1-2H3/b24-15-. The second kappa shape index (κ2) is 7.90. The highest BCUT2D eigenvalue weighted by atomic mass is 32.2. The van der Waals surface area contributed by atoms with Crippen LogP contribution in [0.2, 0.25) is 0 Å². The van der Waals surface area contributed by atoms with Gasteiger partial charge in [0.2, 0.25) is 9.84 Å². The van der Waals surface area contributed by atoms with Gasteiger partial charge in [-0.15, -0.1) is 0 Å². The summed E-state index contributed by atoms with van der Waals surface area (Å²) in [5.74, 6) is -1.37. The molecule has 0 aliphatic carbocycles. The number of halogens is 2. The first-order chi connectivity index (χ1) is 13.3. The van der Waals surface area contributed by atoms with Crippen molar-refractivity contribution in [1.29, 1.82) is 0 Å². The summed E-state index contributed by atoms with van der Waals surface area (Å²) in [5, 5.41) is 4.07. The molecule has 0 saturated carbocycles. The van der Waals surface area contributed by atoms with Gasteiger partial charge in [0.1, 0.15) is 11.6 Å². The van der Waals surface area contributed by atoms with E-state index in [-0.39, 0.29) is 15.4 Å². The van der Waals surface area contributed by atoms with Gasteiger partial charge in [-0.05, 0) is 62.4 Å². The third-order valence-corrected chi connectivity index (χ3v) is 5.96. The van der Waals surface area contributed by atoms with E-state index >= 15 is 0 Å². The van der Waals surface area contributed by atoms with Crippen LogP contribution >= 0.6 is 0 Å². The largest absolute Gasteiger partial charge is 0.278 e. The molecule has 3 aromatic carbocycles. The van der Waals surface area contributed by atoms with Gasteiger partial charge in [0.15, 0.2) is 0 Å². The molecule has 7 heteroatoms. The summed E-state index contributed by atoms with van der Waals surface area (Å²) in [6.45, 7) is 3.47. The summed E-state index contributed by atoms with van der Waals surface area (Å²) in [5.41, 5.74) is 4.75. The van der Waals surface area contributed by atoms with Crippen LogP contribution in [0.4, 0.5) is 14.5 Å². The normalized spacial score (nSPS) is 12.1. The van der Waals surface area contributed by atoms with Crippen LogP contribution in [0.3, 0.4) is 0 Å². The smallest absolute Gasteiger partial charge is 0.206 e. The van der Waals surface area contributed by atoms with Crippen molar-refractivity contribution in [2.24, 2.45) is 5.10 Å². The number of hydrogen-bond donors (Lipinski definition) is 1. The van der Waals surface area contributed by atoms with Crippen molar-refractivity contribution in [1.82, 2.24) is 0 Å². The number of benzene rings is 3. The Labute approximate surface area is 162 Å². The van der Waals surface area contributed by atoms with Crippen LogP contribution in [0.25, 0.3) is 0 Å². The van der Waals surface area contributed by atoms with E-state index in [9.17, 15) is 17.2 Å². The first-order valence-electron chi connectivity index (χ1n) is 8.45. The quantitative estimate of drug-likeness (QED) is 0.487. The van der Waals surface area contributed by atoms with Crippen LogP contribution in [0.1, 0.15) is 18.1 Å². The summed E-state index contributed by atoms with van der Waals surface area (Å²) in [6.07, 6.45) is 0. The second-order valence-electron chi connectivity index (χ2n) is 6.27. The van der Waals surface area contributed by atoms with Crippen LogP contribution in [-0.2, 0) is 9.84 Å². The van der Waals surface area contributed by atoms with E-state index in [4.69, 9.17) is 0 Å². The molecule has 0 saturated heterocycles. The van der Waals surface area contributed by atoms with Crippen LogP contribution in [0.15, 0.2) is 81.6 Å². The maximum Gasteiger partial charge on any atom is 0.206 e. The Hall–Kier alpha value is -3.06. The molecule has 3 aromatic rings. The van der Waals surface area contributed by atoms with Gasteiger partial charge in [0, 0.05) is 11.6 Å². The minimum Gasteiger partial charge on any atom is -0.278 e. The SMILES string of the molecule is C/C(=N/Nc1ccc(S(=O)(=O)c2ccc(C)cc2)cc1)c1ccc(F)cc1F. The van der Waals surface area contributed by atoms with Crippen molar-refractivity contribution in [3.05, 3.63) is 89.5 Å². The molecule has 3 rings (SSSR count). The number of aryl methyl sites for hydroxylation is 1. The molecule has 0 aliphatic rings. The molecule has 0 amide bonds. The number of hydrogen-bond acceptors (Lipinski definition) is 4. The molecular formula is C21H18F2N2O2S. The van der Waals surface area contributed by atoms with Crippen molar-refractivity contribution in [2.75, 3.05) is 5.43 Å². The van der Waals surface area contributed by atoms with E-state index in [1.165, 1.54) is 18.2 Å². The molecular weight excluding hydrogens is 382 g/mol. The van der Waals surface area contributed by atoms with Gasteiger partial charge in [-0.2, -0.15) is 5.10 Å². The third-order valence-electron chi connectivity index (χ3n) is 4.17. The first kappa shape index (κ1) is 19.7. The summed E-state index contributed by atoms with van der Waals surface area (Å²) < 4.78 is 52.1. The van der Waals surface area contributed by atoms with Crippen LogP contribution < -0.4 is 5.43 Å². The fraction of sp³-hybridized carbons (Fsp3) is 0.0952. The van der Waals surface area contributed by atoms with Gasteiger partial charge in [-0.3, -0.25) is 5.43 Å². The highest BCUT2D eigenvalue weighted by molar-refractivity contribution is 7.91. The Kier molecular flexibility index (Phi) is 5.56. The first-order valence-corrected chi connectivity index (χ1v) is 9.93. The molecule has 0 atom stereocenters. The molecule has 144 valence electrons. The van der Waals surface area contributed by atoms with Gasteiger partial charge in [0.25, 0.3) is 0 Å². The lowest BCUT2D eigenvalue weighted by molar-refractivity contribution is 0.581. The van der Waals surface area contributed by atoms with Crippen molar-refractivity contribution < 1.29 is 17.2 Å². The molecule has 0 fully saturated rings. The monoisotopic (exact) mass is 400 g/mol. The molecule has 0 bridgehead atoms. The van der Waals surface area contributed by atoms with Gasteiger partial charge in [0.05, 0.1) is 21.2 Å². The lowest BCUT2D eigenvalue weighted by Crippen LogP contribution is -2.04. The number of hydrazone groups is 1.